The number of carbonyl (C=O) groups is 2. The van der Waals surface area contributed by atoms with Crippen molar-refractivity contribution in [1.82, 2.24) is 4.37 Å². The minimum absolute atomic E-state index is 0.0312. The standard InChI is InChI=1S/C14H11Cl2NO5S/c1-20-13(18)8-2-4-9(5-3-8)21-6-7-22-14(19)11-10(15)12(16)17-23-11/h2-5H,6-7H2,1H3. The van der Waals surface area contributed by atoms with Gasteiger partial charge in [0.25, 0.3) is 0 Å². The summed E-state index contributed by atoms with van der Waals surface area (Å²) in [6.07, 6.45) is 0. The molecule has 0 aliphatic heterocycles. The Morgan fingerprint density at radius 3 is 2.39 bits per heavy atom. The Labute approximate surface area is 146 Å². The number of methoxy groups -OCH3 is 1. The summed E-state index contributed by atoms with van der Waals surface area (Å²) in [5.41, 5.74) is 0.419. The van der Waals surface area contributed by atoms with E-state index in [0.29, 0.717) is 11.3 Å². The van der Waals surface area contributed by atoms with Crippen molar-refractivity contribution in [2.24, 2.45) is 0 Å². The Morgan fingerprint density at radius 2 is 1.83 bits per heavy atom. The molecule has 0 aliphatic carbocycles. The molecule has 6 nitrogen and oxygen atoms in total. The number of esters is 2. The molecule has 1 heterocycles. The molecule has 1 aromatic heterocycles. The maximum Gasteiger partial charge on any atom is 0.351 e. The van der Waals surface area contributed by atoms with Crippen molar-refractivity contribution in [3.05, 3.63) is 44.9 Å². The van der Waals surface area contributed by atoms with Gasteiger partial charge in [-0.3, -0.25) is 0 Å². The van der Waals surface area contributed by atoms with Crippen molar-refractivity contribution in [3.63, 3.8) is 0 Å². The molecule has 122 valence electrons. The Balaban J connectivity index is 1.78. The molecule has 0 radical (unpaired) electrons. The first-order chi connectivity index (χ1) is 11.0. The van der Waals surface area contributed by atoms with Crippen molar-refractivity contribution < 1.29 is 23.8 Å². The van der Waals surface area contributed by atoms with E-state index in [9.17, 15) is 9.59 Å². The summed E-state index contributed by atoms with van der Waals surface area (Å²) >= 11 is 12.3. The molecule has 0 spiro atoms. The number of hydrogen-bond acceptors (Lipinski definition) is 7. The molecule has 0 saturated carbocycles. The lowest BCUT2D eigenvalue weighted by atomic mass is 10.2. The van der Waals surface area contributed by atoms with Gasteiger partial charge in [-0.2, -0.15) is 4.37 Å². The maximum absolute atomic E-state index is 11.7. The van der Waals surface area contributed by atoms with Crippen LogP contribution in [0.1, 0.15) is 20.0 Å². The number of hydrogen-bond donors (Lipinski definition) is 0. The van der Waals surface area contributed by atoms with Gasteiger partial charge in [0, 0.05) is 0 Å². The molecular weight excluding hydrogens is 365 g/mol. The Bertz CT molecular complexity index is 702. The van der Waals surface area contributed by atoms with Gasteiger partial charge in [-0.15, -0.1) is 0 Å². The van der Waals surface area contributed by atoms with E-state index < -0.39 is 11.9 Å². The van der Waals surface area contributed by atoms with Crippen LogP contribution in [0.3, 0.4) is 0 Å². The predicted molar refractivity (Wildman–Crippen MR) is 85.7 cm³/mol. The highest BCUT2D eigenvalue weighted by Gasteiger charge is 2.18. The van der Waals surface area contributed by atoms with Crippen LogP contribution in [0.25, 0.3) is 0 Å². The summed E-state index contributed by atoms with van der Waals surface area (Å²) in [5, 5.41) is 0.159. The van der Waals surface area contributed by atoms with Crippen LogP contribution in [0.5, 0.6) is 5.75 Å². The van der Waals surface area contributed by atoms with Crippen LogP contribution >= 0.6 is 34.7 Å². The molecule has 0 aliphatic rings. The normalized spacial score (nSPS) is 10.2. The lowest BCUT2D eigenvalue weighted by Gasteiger charge is -2.07. The Morgan fingerprint density at radius 1 is 1.13 bits per heavy atom. The Hall–Kier alpha value is -1.83. The van der Waals surface area contributed by atoms with Crippen LogP contribution in [0.15, 0.2) is 24.3 Å². The predicted octanol–water partition coefficient (Wildman–Crippen LogP) is 3.47. The van der Waals surface area contributed by atoms with Crippen molar-refractivity contribution in [1.29, 1.82) is 0 Å². The third-order valence-corrected chi connectivity index (χ3v) is 4.42. The second-order valence-electron chi connectivity index (χ2n) is 4.12. The first kappa shape index (κ1) is 17.5. The van der Waals surface area contributed by atoms with Gasteiger partial charge in [-0.25, -0.2) is 9.59 Å². The average molecular weight is 376 g/mol. The van der Waals surface area contributed by atoms with Crippen LogP contribution < -0.4 is 4.74 Å². The summed E-state index contributed by atoms with van der Waals surface area (Å²) in [4.78, 5) is 23.2. The average Bonchev–Trinajstić information content (AvgIpc) is 2.90. The van der Waals surface area contributed by atoms with E-state index in [2.05, 4.69) is 9.11 Å². The fraction of sp³-hybridized carbons (Fsp3) is 0.214. The smallest absolute Gasteiger partial charge is 0.351 e. The van der Waals surface area contributed by atoms with E-state index in [1.54, 1.807) is 24.3 Å². The molecule has 2 rings (SSSR count). The lowest BCUT2D eigenvalue weighted by Crippen LogP contribution is -2.12. The molecule has 9 heteroatoms. The maximum atomic E-state index is 11.7. The molecule has 0 unspecified atom stereocenters. The Kier molecular flexibility index (Phi) is 6.20. The van der Waals surface area contributed by atoms with E-state index in [-0.39, 0.29) is 28.3 Å². The van der Waals surface area contributed by atoms with Gasteiger partial charge in [-0.1, -0.05) is 23.2 Å². The molecular formula is C14H11Cl2NO5S. The van der Waals surface area contributed by atoms with Gasteiger partial charge < -0.3 is 14.2 Å². The number of ether oxygens (including phenoxy) is 3. The quantitative estimate of drug-likeness (QED) is 0.568. The van der Waals surface area contributed by atoms with E-state index >= 15 is 0 Å². The third kappa shape index (κ3) is 4.57. The highest BCUT2D eigenvalue weighted by atomic mass is 35.5. The van der Waals surface area contributed by atoms with Gasteiger partial charge in [0.1, 0.15) is 24.0 Å². The number of benzene rings is 1. The number of rotatable bonds is 6. The fourth-order valence-electron chi connectivity index (χ4n) is 1.55. The molecule has 0 bridgehead atoms. The molecule has 0 atom stereocenters. The van der Waals surface area contributed by atoms with Crippen molar-refractivity contribution >= 4 is 46.7 Å². The van der Waals surface area contributed by atoms with Crippen LogP contribution in [-0.4, -0.2) is 36.6 Å². The zero-order chi connectivity index (χ0) is 16.8. The topological polar surface area (TPSA) is 74.7 Å². The summed E-state index contributed by atoms with van der Waals surface area (Å²) in [6.45, 7) is 0.177. The molecule has 0 N–H and O–H groups in total. The first-order valence-corrected chi connectivity index (χ1v) is 7.85. The lowest BCUT2D eigenvalue weighted by molar-refractivity contribution is 0.0455. The third-order valence-electron chi connectivity index (χ3n) is 2.64. The van der Waals surface area contributed by atoms with Gasteiger partial charge >= 0.3 is 11.9 Å². The minimum Gasteiger partial charge on any atom is -0.490 e. The van der Waals surface area contributed by atoms with Crippen molar-refractivity contribution in [2.45, 2.75) is 0 Å². The second kappa shape index (κ2) is 8.14. The molecule has 0 saturated heterocycles. The van der Waals surface area contributed by atoms with Gasteiger partial charge in [0.2, 0.25) is 0 Å². The van der Waals surface area contributed by atoms with Gasteiger partial charge in [0.05, 0.1) is 12.7 Å². The zero-order valence-electron chi connectivity index (χ0n) is 11.9. The largest absolute Gasteiger partial charge is 0.490 e. The molecule has 0 fully saturated rings. The van der Waals surface area contributed by atoms with Crippen LogP contribution in [-0.2, 0) is 9.47 Å². The van der Waals surface area contributed by atoms with Gasteiger partial charge in [-0.05, 0) is 35.8 Å². The fourth-order valence-corrected chi connectivity index (χ4v) is 2.65. The second-order valence-corrected chi connectivity index (χ2v) is 5.63. The minimum atomic E-state index is -0.607. The molecule has 2 aromatic rings. The number of halogens is 2. The van der Waals surface area contributed by atoms with Gasteiger partial charge in [0.15, 0.2) is 10.0 Å². The number of carbonyl (C=O) groups excluding carboxylic acids is 2. The number of aromatic nitrogens is 1. The molecule has 23 heavy (non-hydrogen) atoms. The monoisotopic (exact) mass is 375 g/mol. The zero-order valence-corrected chi connectivity index (χ0v) is 14.2. The number of nitrogens with zero attached hydrogens (tertiary/aromatic N) is 1. The summed E-state index contributed by atoms with van der Waals surface area (Å²) in [7, 11) is 1.31. The van der Waals surface area contributed by atoms with Crippen molar-refractivity contribution in [3.8, 4) is 5.75 Å². The SMILES string of the molecule is COC(=O)c1ccc(OCCOC(=O)c2snc(Cl)c2Cl)cc1. The van der Waals surface area contributed by atoms with Crippen LogP contribution in [0.4, 0.5) is 0 Å². The van der Waals surface area contributed by atoms with E-state index in [1.165, 1.54) is 7.11 Å². The summed E-state index contributed by atoms with van der Waals surface area (Å²) < 4.78 is 18.7. The van der Waals surface area contributed by atoms with Crippen LogP contribution in [0.2, 0.25) is 10.2 Å². The molecule has 0 amide bonds. The van der Waals surface area contributed by atoms with Crippen LogP contribution in [0, 0.1) is 0 Å². The van der Waals surface area contributed by atoms with E-state index in [0.717, 1.165) is 11.5 Å². The highest BCUT2D eigenvalue weighted by molar-refractivity contribution is 7.09. The molecule has 1 aromatic carbocycles. The van der Waals surface area contributed by atoms with E-state index in [4.69, 9.17) is 32.7 Å². The van der Waals surface area contributed by atoms with Crippen molar-refractivity contribution in [2.75, 3.05) is 20.3 Å². The van der Waals surface area contributed by atoms with E-state index in [1.807, 2.05) is 0 Å². The summed E-state index contributed by atoms with van der Waals surface area (Å²) in [6, 6.07) is 6.39. The first-order valence-electron chi connectivity index (χ1n) is 6.32. The highest BCUT2D eigenvalue weighted by Crippen LogP contribution is 2.28. The summed E-state index contributed by atoms with van der Waals surface area (Å²) in [5.74, 6) is -0.498.